The standard InChI is InChI=1S/C16H21N5OS/c22-16(21-7-9-23-10-8-21)12-2-5-20(6-3-12)15-13-1-4-17-14(13)18-11-19-15/h1,4,11-12H,2-3,5-10H2,(H,17,18,19). The monoisotopic (exact) mass is 331 g/mol. The maximum absolute atomic E-state index is 12.6. The van der Waals surface area contributed by atoms with Gasteiger partial charge in [0.2, 0.25) is 5.91 Å². The molecule has 0 atom stereocenters. The number of aromatic amines is 1. The summed E-state index contributed by atoms with van der Waals surface area (Å²) in [5.41, 5.74) is 0.874. The van der Waals surface area contributed by atoms with E-state index in [0.717, 1.165) is 67.4 Å². The van der Waals surface area contributed by atoms with E-state index in [-0.39, 0.29) is 5.92 Å². The number of hydrogen-bond acceptors (Lipinski definition) is 5. The van der Waals surface area contributed by atoms with Gasteiger partial charge in [-0.3, -0.25) is 4.79 Å². The molecule has 2 aliphatic heterocycles. The van der Waals surface area contributed by atoms with Gasteiger partial charge in [0.1, 0.15) is 17.8 Å². The highest BCUT2D eigenvalue weighted by Crippen LogP contribution is 2.28. The number of aromatic nitrogens is 3. The van der Waals surface area contributed by atoms with Crippen molar-refractivity contribution in [2.75, 3.05) is 42.6 Å². The Morgan fingerprint density at radius 1 is 1.17 bits per heavy atom. The van der Waals surface area contributed by atoms with Crippen molar-refractivity contribution in [3.05, 3.63) is 18.6 Å². The van der Waals surface area contributed by atoms with Crippen molar-refractivity contribution >= 4 is 34.5 Å². The maximum Gasteiger partial charge on any atom is 0.225 e. The number of carbonyl (C=O) groups is 1. The summed E-state index contributed by atoms with van der Waals surface area (Å²) in [7, 11) is 0. The molecule has 0 unspecified atom stereocenters. The number of rotatable bonds is 2. The van der Waals surface area contributed by atoms with Crippen molar-refractivity contribution in [3.63, 3.8) is 0 Å². The summed E-state index contributed by atoms with van der Waals surface area (Å²) in [4.78, 5) is 28.8. The Bertz CT molecular complexity index is 689. The smallest absolute Gasteiger partial charge is 0.225 e. The van der Waals surface area contributed by atoms with Crippen molar-refractivity contribution in [3.8, 4) is 0 Å². The van der Waals surface area contributed by atoms with E-state index in [1.54, 1.807) is 6.33 Å². The van der Waals surface area contributed by atoms with Crippen molar-refractivity contribution in [1.29, 1.82) is 0 Å². The molecule has 1 N–H and O–H groups in total. The highest BCUT2D eigenvalue weighted by Gasteiger charge is 2.30. The van der Waals surface area contributed by atoms with Gasteiger partial charge < -0.3 is 14.8 Å². The molecule has 2 aromatic rings. The second kappa shape index (κ2) is 6.39. The third kappa shape index (κ3) is 2.89. The fourth-order valence-corrected chi connectivity index (χ4v) is 4.39. The molecule has 0 aliphatic carbocycles. The molecule has 0 radical (unpaired) electrons. The average Bonchev–Trinajstić information content (AvgIpc) is 3.11. The topological polar surface area (TPSA) is 65.1 Å². The molecule has 2 aliphatic rings. The van der Waals surface area contributed by atoms with E-state index in [9.17, 15) is 4.79 Å². The van der Waals surface area contributed by atoms with E-state index in [4.69, 9.17) is 0 Å². The highest BCUT2D eigenvalue weighted by molar-refractivity contribution is 7.99. The molecule has 122 valence electrons. The molecule has 7 heteroatoms. The van der Waals surface area contributed by atoms with Crippen LogP contribution >= 0.6 is 11.8 Å². The fourth-order valence-electron chi connectivity index (χ4n) is 3.49. The van der Waals surface area contributed by atoms with Gasteiger partial charge in [-0.25, -0.2) is 9.97 Å². The predicted molar refractivity (Wildman–Crippen MR) is 92.7 cm³/mol. The van der Waals surface area contributed by atoms with Crippen LogP contribution in [-0.4, -0.2) is 63.4 Å². The Morgan fingerprint density at radius 3 is 2.74 bits per heavy atom. The molecule has 1 amide bonds. The predicted octanol–water partition coefficient (Wildman–Crippen LogP) is 1.75. The molecule has 4 rings (SSSR count). The van der Waals surface area contributed by atoms with Crippen molar-refractivity contribution in [2.45, 2.75) is 12.8 Å². The van der Waals surface area contributed by atoms with Crippen LogP contribution in [0.2, 0.25) is 0 Å². The average molecular weight is 331 g/mol. The summed E-state index contributed by atoms with van der Waals surface area (Å²) in [6, 6.07) is 2.02. The lowest BCUT2D eigenvalue weighted by Gasteiger charge is -2.36. The number of nitrogens with one attached hydrogen (secondary N) is 1. The van der Waals surface area contributed by atoms with Crippen LogP contribution in [-0.2, 0) is 4.79 Å². The molecular formula is C16H21N5OS. The molecule has 0 aromatic carbocycles. The Morgan fingerprint density at radius 2 is 1.96 bits per heavy atom. The Balaban J connectivity index is 1.42. The van der Waals surface area contributed by atoms with Crippen LogP contribution in [0.4, 0.5) is 5.82 Å². The number of H-pyrrole nitrogens is 1. The summed E-state index contributed by atoms with van der Waals surface area (Å²) in [5.74, 6) is 3.68. The zero-order chi connectivity index (χ0) is 15.6. The Labute approximate surface area is 139 Å². The Hall–Kier alpha value is -1.76. The number of fused-ring (bicyclic) bond motifs is 1. The SMILES string of the molecule is O=C(C1CCN(c2ncnc3[nH]ccc23)CC1)N1CCSCC1. The van der Waals surface area contributed by atoms with Gasteiger partial charge in [-0.15, -0.1) is 0 Å². The zero-order valence-electron chi connectivity index (χ0n) is 13.1. The first-order valence-corrected chi connectivity index (χ1v) is 9.38. The van der Waals surface area contributed by atoms with Gasteiger partial charge in [0.25, 0.3) is 0 Å². The van der Waals surface area contributed by atoms with E-state index >= 15 is 0 Å². The summed E-state index contributed by atoms with van der Waals surface area (Å²) in [6.07, 6.45) is 5.33. The second-order valence-electron chi connectivity index (χ2n) is 6.14. The Kier molecular flexibility index (Phi) is 4.11. The number of carbonyl (C=O) groups excluding carboxylic acids is 1. The highest BCUT2D eigenvalue weighted by atomic mass is 32.2. The summed E-state index contributed by atoms with van der Waals surface area (Å²) < 4.78 is 0. The van der Waals surface area contributed by atoms with Gasteiger partial charge in [-0.05, 0) is 18.9 Å². The molecular weight excluding hydrogens is 310 g/mol. The van der Waals surface area contributed by atoms with Gasteiger partial charge in [0.15, 0.2) is 0 Å². The van der Waals surface area contributed by atoms with Crippen molar-refractivity contribution in [1.82, 2.24) is 19.9 Å². The molecule has 2 aromatic heterocycles. The first kappa shape index (κ1) is 14.8. The van der Waals surface area contributed by atoms with Crippen LogP contribution in [0.3, 0.4) is 0 Å². The van der Waals surface area contributed by atoms with Crippen LogP contribution in [0.5, 0.6) is 0 Å². The van der Waals surface area contributed by atoms with E-state index in [1.807, 2.05) is 24.0 Å². The van der Waals surface area contributed by atoms with Gasteiger partial charge in [0.05, 0.1) is 5.39 Å². The largest absolute Gasteiger partial charge is 0.356 e. The molecule has 0 bridgehead atoms. The fraction of sp³-hybridized carbons (Fsp3) is 0.562. The molecule has 2 fully saturated rings. The lowest BCUT2D eigenvalue weighted by atomic mass is 9.95. The van der Waals surface area contributed by atoms with E-state index < -0.39 is 0 Å². The lowest BCUT2D eigenvalue weighted by molar-refractivity contribution is -0.135. The first-order valence-electron chi connectivity index (χ1n) is 8.22. The number of piperidine rings is 1. The molecule has 6 nitrogen and oxygen atoms in total. The minimum absolute atomic E-state index is 0.179. The first-order chi connectivity index (χ1) is 11.3. The summed E-state index contributed by atoms with van der Waals surface area (Å²) in [5, 5.41) is 1.06. The van der Waals surface area contributed by atoms with E-state index in [0.29, 0.717) is 5.91 Å². The van der Waals surface area contributed by atoms with E-state index in [2.05, 4.69) is 24.8 Å². The lowest BCUT2D eigenvalue weighted by Crippen LogP contribution is -2.45. The van der Waals surface area contributed by atoms with E-state index in [1.165, 1.54) is 0 Å². The third-order valence-corrected chi connectivity index (χ3v) is 5.74. The molecule has 0 spiro atoms. The van der Waals surface area contributed by atoms with Crippen LogP contribution in [0.1, 0.15) is 12.8 Å². The number of nitrogens with zero attached hydrogens (tertiary/aromatic N) is 4. The molecule has 23 heavy (non-hydrogen) atoms. The second-order valence-corrected chi connectivity index (χ2v) is 7.36. The normalized spacial score (nSPS) is 20.2. The zero-order valence-corrected chi connectivity index (χ0v) is 13.9. The van der Waals surface area contributed by atoms with Crippen LogP contribution < -0.4 is 4.90 Å². The quantitative estimate of drug-likeness (QED) is 0.908. The van der Waals surface area contributed by atoms with Gasteiger partial charge in [0, 0.05) is 49.8 Å². The summed E-state index contributed by atoms with van der Waals surface area (Å²) >= 11 is 1.94. The minimum Gasteiger partial charge on any atom is -0.356 e. The van der Waals surface area contributed by atoms with Gasteiger partial charge >= 0.3 is 0 Å². The number of anilines is 1. The maximum atomic E-state index is 12.6. The number of amides is 1. The van der Waals surface area contributed by atoms with Crippen molar-refractivity contribution in [2.24, 2.45) is 5.92 Å². The molecule has 2 saturated heterocycles. The van der Waals surface area contributed by atoms with Crippen molar-refractivity contribution < 1.29 is 4.79 Å². The van der Waals surface area contributed by atoms with Gasteiger partial charge in [-0.2, -0.15) is 11.8 Å². The summed E-state index contributed by atoms with van der Waals surface area (Å²) in [6.45, 7) is 3.60. The number of thioether (sulfide) groups is 1. The number of hydrogen-bond donors (Lipinski definition) is 1. The third-order valence-electron chi connectivity index (χ3n) is 4.80. The van der Waals surface area contributed by atoms with Gasteiger partial charge in [-0.1, -0.05) is 0 Å². The minimum atomic E-state index is 0.179. The molecule has 4 heterocycles. The van der Waals surface area contributed by atoms with Crippen LogP contribution in [0.25, 0.3) is 11.0 Å². The molecule has 0 saturated carbocycles. The van der Waals surface area contributed by atoms with Crippen LogP contribution in [0, 0.1) is 5.92 Å². The van der Waals surface area contributed by atoms with Crippen LogP contribution in [0.15, 0.2) is 18.6 Å².